The summed E-state index contributed by atoms with van der Waals surface area (Å²) in [6.45, 7) is 13.8. The molecule has 368 valence electrons. The van der Waals surface area contributed by atoms with Gasteiger partial charge in [0.1, 0.15) is 13.2 Å². The average Bonchev–Trinajstić information content (AvgIpc) is 3.24. The predicted octanol–water partition coefficient (Wildman–Crippen LogP) is 17.9. The summed E-state index contributed by atoms with van der Waals surface area (Å²) in [5.74, 6) is 1.68. The van der Waals surface area contributed by atoms with Crippen LogP contribution in [0.2, 0.25) is 0 Å². The zero-order valence-electron chi connectivity index (χ0n) is 42.7. The molecule has 2 atom stereocenters. The van der Waals surface area contributed by atoms with Crippen molar-refractivity contribution >= 4 is 17.9 Å². The Balaban J connectivity index is 4.29. The molecular formula is C56H108O6. The number of carbonyl (C=O) groups is 3. The van der Waals surface area contributed by atoms with E-state index in [-0.39, 0.29) is 31.1 Å². The van der Waals surface area contributed by atoms with Gasteiger partial charge in [-0.15, -0.1) is 0 Å². The molecule has 0 aliphatic rings. The van der Waals surface area contributed by atoms with E-state index < -0.39 is 6.10 Å². The quantitative estimate of drug-likeness (QED) is 0.0344. The summed E-state index contributed by atoms with van der Waals surface area (Å²) in [6.07, 6.45) is 48.0. The molecule has 6 heteroatoms. The minimum absolute atomic E-state index is 0.0642. The van der Waals surface area contributed by atoms with Crippen LogP contribution in [0.5, 0.6) is 0 Å². The lowest BCUT2D eigenvalue weighted by Crippen LogP contribution is -2.30. The molecule has 0 aliphatic heterocycles. The molecule has 0 radical (unpaired) electrons. The molecule has 0 fully saturated rings. The van der Waals surface area contributed by atoms with Crippen LogP contribution in [0.3, 0.4) is 0 Å². The summed E-state index contributed by atoms with van der Waals surface area (Å²) >= 11 is 0. The maximum atomic E-state index is 12.8. The van der Waals surface area contributed by atoms with Crippen LogP contribution in [0.1, 0.15) is 305 Å². The zero-order chi connectivity index (χ0) is 45.6. The summed E-state index contributed by atoms with van der Waals surface area (Å²) in [5.41, 5.74) is 0. The monoisotopic (exact) mass is 877 g/mol. The third kappa shape index (κ3) is 47.9. The van der Waals surface area contributed by atoms with Crippen LogP contribution in [0.4, 0.5) is 0 Å². The second-order valence-electron chi connectivity index (χ2n) is 20.4. The second-order valence-corrected chi connectivity index (χ2v) is 20.4. The molecule has 1 unspecified atom stereocenters. The van der Waals surface area contributed by atoms with Gasteiger partial charge in [-0.1, -0.05) is 266 Å². The van der Waals surface area contributed by atoms with Crippen molar-refractivity contribution in [2.45, 2.75) is 311 Å². The topological polar surface area (TPSA) is 78.9 Å². The molecule has 0 aromatic heterocycles. The van der Waals surface area contributed by atoms with Crippen LogP contribution < -0.4 is 0 Å². The highest BCUT2D eigenvalue weighted by atomic mass is 16.6. The van der Waals surface area contributed by atoms with Gasteiger partial charge in [0.25, 0.3) is 0 Å². The van der Waals surface area contributed by atoms with E-state index in [2.05, 4.69) is 41.5 Å². The molecule has 0 bridgehead atoms. The van der Waals surface area contributed by atoms with Crippen LogP contribution in [-0.2, 0) is 28.6 Å². The SMILES string of the molecule is CCC(C)CCCCCCCCCCCCCCCCC(=O)OC[C@H](COC(=O)CCCCCCCCCCCCC(C)C)OC(=O)CCCCCCCCCCCCC(C)C. The van der Waals surface area contributed by atoms with Crippen molar-refractivity contribution in [1.29, 1.82) is 0 Å². The van der Waals surface area contributed by atoms with Gasteiger partial charge in [-0.2, -0.15) is 0 Å². The summed E-state index contributed by atoms with van der Waals surface area (Å²) < 4.78 is 16.9. The molecule has 0 aliphatic carbocycles. The van der Waals surface area contributed by atoms with Crippen molar-refractivity contribution in [2.24, 2.45) is 17.8 Å². The van der Waals surface area contributed by atoms with Gasteiger partial charge in [-0.05, 0) is 37.0 Å². The van der Waals surface area contributed by atoms with Crippen molar-refractivity contribution in [3.63, 3.8) is 0 Å². The molecule has 0 saturated carbocycles. The van der Waals surface area contributed by atoms with E-state index >= 15 is 0 Å². The number of carbonyl (C=O) groups excluding carboxylic acids is 3. The Labute approximate surface area is 387 Å². The maximum absolute atomic E-state index is 12.8. The minimum Gasteiger partial charge on any atom is -0.462 e. The van der Waals surface area contributed by atoms with Crippen LogP contribution in [0.25, 0.3) is 0 Å². The first-order valence-corrected chi connectivity index (χ1v) is 27.6. The third-order valence-electron chi connectivity index (χ3n) is 13.0. The van der Waals surface area contributed by atoms with Gasteiger partial charge in [0.2, 0.25) is 0 Å². The predicted molar refractivity (Wildman–Crippen MR) is 266 cm³/mol. The highest BCUT2D eigenvalue weighted by Crippen LogP contribution is 2.18. The van der Waals surface area contributed by atoms with Crippen molar-refractivity contribution < 1.29 is 28.6 Å². The van der Waals surface area contributed by atoms with Gasteiger partial charge in [0.15, 0.2) is 6.10 Å². The standard InChI is InChI=1S/C56H108O6/c1-7-52(6)44-38-32-26-20-12-10-8-9-11-13-21-27-33-39-45-54(57)60-48-53(62-56(59)47-41-35-29-23-17-15-19-25-31-37-43-51(4)5)49-61-55(58)46-40-34-28-22-16-14-18-24-30-36-42-50(2)3/h50-53H,7-49H2,1-6H3/t52?,53-/m1/s1. The molecule has 0 spiro atoms. The summed E-state index contributed by atoms with van der Waals surface area (Å²) in [7, 11) is 0. The Bertz CT molecular complexity index is 962. The Morgan fingerprint density at radius 3 is 0.839 bits per heavy atom. The van der Waals surface area contributed by atoms with Crippen LogP contribution in [0.15, 0.2) is 0 Å². The first kappa shape index (κ1) is 60.4. The molecule has 0 rings (SSSR count). The number of hydrogen-bond acceptors (Lipinski definition) is 6. The summed E-state index contributed by atoms with van der Waals surface area (Å²) in [4.78, 5) is 38.0. The first-order valence-electron chi connectivity index (χ1n) is 27.6. The number of rotatable bonds is 49. The van der Waals surface area contributed by atoms with Crippen LogP contribution in [-0.4, -0.2) is 37.2 Å². The van der Waals surface area contributed by atoms with Crippen LogP contribution in [0, 0.1) is 17.8 Å². The largest absolute Gasteiger partial charge is 0.462 e. The number of hydrogen-bond donors (Lipinski definition) is 0. The molecule has 0 heterocycles. The maximum Gasteiger partial charge on any atom is 0.306 e. The highest BCUT2D eigenvalue weighted by molar-refractivity contribution is 5.71. The second kappa shape index (κ2) is 47.4. The minimum atomic E-state index is -0.763. The van der Waals surface area contributed by atoms with Gasteiger partial charge in [-0.25, -0.2) is 0 Å². The van der Waals surface area contributed by atoms with Crippen molar-refractivity contribution in [3.8, 4) is 0 Å². The fourth-order valence-electron chi connectivity index (χ4n) is 8.44. The van der Waals surface area contributed by atoms with Crippen molar-refractivity contribution in [2.75, 3.05) is 13.2 Å². The van der Waals surface area contributed by atoms with Gasteiger partial charge in [0.05, 0.1) is 0 Å². The van der Waals surface area contributed by atoms with E-state index in [9.17, 15) is 14.4 Å². The Kier molecular flexibility index (Phi) is 46.2. The molecule has 0 aromatic carbocycles. The van der Waals surface area contributed by atoms with Gasteiger partial charge in [0, 0.05) is 19.3 Å². The molecule has 6 nitrogen and oxygen atoms in total. The van der Waals surface area contributed by atoms with Gasteiger partial charge < -0.3 is 14.2 Å². The molecule has 62 heavy (non-hydrogen) atoms. The smallest absolute Gasteiger partial charge is 0.306 e. The Hall–Kier alpha value is -1.59. The summed E-state index contributed by atoms with van der Waals surface area (Å²) in [5, 5.41) is 0. The average molecular weight is 877 g/mol. The zero-order valence-corrected chi connectivity index (χ0v) is 42.7. The summed E-state index contributed by atoms with van der Waals surface area (Å²) in [6, 6.07) is 0. The fourth-order valence-corrected chi connectivity index (χ4v) is 8.44. The van der Waals surface area contributed by atoms with Crippen molar-refractivity contribution in [3.05, 3.63) is 0 Å². The van der Waals surface area contributed by atoms with Gasteiger partial charge >= 0.3 is 17.9 Å². The van der Waals surface area contributed by atoms with Gasteiger partial charge in [-0.3, -0.25) is 14.4 Å². The highest BCUT2D eigenvalue weighted by Gasteiger charge is 2.19. The van der Waals surface area contributed by atoms with E-state index in [1.54, 1.807) is 0 Å². The number of esters is 3. The van der Waals surface area contributed by atoms with E-state index in [4.69, 9.17) is 14.2 Å². The van der Waals surface area contributed by atoms with E-state index in [0.717, 1.165) is 75.5 Å². The molecular weight excluding hydrogens is 769 g/mol. The lowest BCUT2D eigenvalue weighted by Gasteiger charge is -2.18. The van der Waals surface area contributed by atoms with E-state index in [1.165, 1.54) is 186 Å². The Morgan fingerprint density at radius 2 is 0.565 bits per heavy atom. The van der Waals surface area contributed by atoms with Crippen LogP contribution >= 0.6 is 0 Å². The lowest BCUT2D eigenvalue weighted by atomic mass is 9.99. The molecule has 0 amide bonds. The van der Waals surface area contributed by atoms with E-state index in [0.29, 0.717) is 19.3 Å². The van der Waals surface area contributed by atoms with E-state index in [1.807, 2.05) is 0 Å². The first-order chi connectivity index (χ1) is 30.1. The molecule has 0 saturated heterocycles. The number of ether oxygens (including phenoxy) is 3. The fraction of sp³-hybridized carbons (Fsp3) is 0.946. The molecule has 0 aromatic rings. The lowest BCUT2D eigenvalue weighted by molar-refractivity contribution is -0.167. The Morgan fingerprint density at radius 1 is 0.323 bits per heavy atom. The third-order valence-corrected chi connectivity index (χ3v) is 13.0. The number of unbranched alkanes of at least 4 members (excludes halogenated alkanes) is 31. The normalized spacial score (nSPS) is 12.6. The molecule has 0 N–H and O–H groups in total. The van der Waals surface area contributed by atoms with Crippen molar-refractivity contribution in [1.82, 2.24) is 0 Å².